The maximum Gasteiger partial charge on any atom is 0.311 e. The molecule has 0 radical (unpaired) electrons. The molecule has 0 spiro atoms. The highest BCUT2D eigenvalue weighted by Gasteiger charge is 2.38. The second-order valence-electron chi connectivity index (χ2n) is 5.53. The van der Waals surface area contributed by atoms with Crippen molar-refractivity contribution in [1.82, 2.24) is 5.32 Å². The van der Waals surface area contributed by atoms with Crippen LogP contribution in [-0.4, -0.2) is 23.5 Å². The fraction of sp³-hybridized carbons (Fsp3) is 0.600. The lowest BCUT2D eigenvalue weighted by molar-refractivity contribution is -0.149. The Morgan fingerprint density at radius 2 is 1.95 bits per heavy atom. The zero-order valence-corrected chi connectivity index (χ0v) is 12.4. The molecule has 0 saturated heterocycles. The molecule has 1 heterocycles. The summed E-state index contributed by atoms with van der Waals surface area (Å²) in [5.41, 5.74) is -0.762. The number of carboxylic acid groups (broad SMARTS) is 1. The molecule has 5 heteroatoms. The van der Waals surface area contributed by atoms with E-state index in [9.17, 15) is 14.7 Å². The van der Waals surface area contributed by atoms with E-state index in [2.05, 4.69) is 5.32 Å². The fourth-order valence-corrected chi connectivity index (χ4v) is 3.48. The SMILES string of the molecule is O=C(Cc1cccs1)NCC1(C(=O)O)CCCCCC1. The van der Waals surface area contributed by atoms with Crippen LogP contribution in [0.2, 0.25) is 0 Å². The Kier molecular flexibility index (Phi) is 5.17. The van der Waals surface area contributed by atoms with Gasteiger partial charge in [0.1, 0.15) is 0 Å². The molecule has 1 saturated carbocycles. The van der Waals surface area contributed by atoms with Gasteiger partial charge in [-0.2, -0.15) is 0 Å². The lowest BCUT2D eigenvalue weighted by Crippen LogP contribution is -2.43. The third-order valence-electron chi connectivity index (χ3n) is 4.05. The van der Waals surface area contributed by atoms with E-state index in [1.807, 2.05) is 17.5 Å². The topological polar surface area (TPSA) is 66.4 Å². The predicted octanol–water partition coefficient (Wildman–Crippen LogP) is 2.83. The van der Waals surface area contributed by atoms with Crippen molar-refractivity contribution >= 4 is 23.2 Å². The van der Waals surface area contributed by atoms with Gasteiger partial charge >= 0.3 is 5.97 Å². The number of hydrogen-bond donors (Lipinski definition) is 2. The Balaban J connectivity index is 1.91. The van der Waals surface area contributed by atoms with E-state index in [1.165, 1.54) is 0 Å². The molecule has 1 aromatic heterocycles. The van der Waals surface area contributed by atoms with Crippen LogP contribution < -0.4 is 5.32 Å². The first-order chi connectivity index (χ1) is 9.62. The van der Waals surface area contributed by atoms with Crippen LogP contribution in [0.25, 0.3) is 0 Å². The number of hydrogen-bond acceptors (Lipinski definition) is 3. The molecule has 0 bridgehead atoms. The van der Waals surface area contributed by atoms with E-state index in [0.29, 0.717) is 19.3 Å². The van der Waals surface area contributed by atoms with Crippen molar-refractivity contribution in [3.05, 3.63) is 22.4 Å². The monoisotopic (exact) mass is 295 g/mol. The van der Waals surface area contributed by atoms with Crippen LogP contribution in [0.1, 0.15) is 43.4 Å². The number of carbonyl (C=O) groups excluding carboxylic acids is 1. The largest absolute Gasteiger partial charge is 0.481 e. The summed E-state index contributed by atoms with van der Waals surface area (Å²) in [5.74, 6) is -0.854. The van der Waals surface area contributed by atoms with Crippen LogP contribution in [0.15, 0.2) is 17.5 Å². The average molecular weight is 295 g/mol. The Bertz CT molecular complexity index is 448. The lowest BCUT2D eigenvalue weighted by atomic mass is 9.80. The standard InChI is InChI=1S/C15H21NO3S/c17-13(10-12-6-5-9-20-12)16-11-15(14(18)19)7-3-1-2-4-8-15/h5-6,9H,1-4,7-8,10-11H2,(H,16,17)(H,18,19). The normalized spacial score (nSPS) is 18.2. The molecule has 0 aromatic carbocycles. The first-order valence-electron chi connectivity index (χ1n) is 7.15. The summed E-state index contributed by atoms with van der Waals surface area (Å²) >= 11 is 1.54. The van der Waals surface area contributed by atoms with Gasteiger partial charge in [-0.15, -0.1) is 11.3 Å². The number of rotatable bonds is 5. The highest BCUT2D eigenvalue weighted by Crippen LogP contribution is 2.34. The molecular weight excluding hydrogens is 274 g/mol. The molecule has 2 N–H and O–H groups in total. The Labute approximate surface area is 123 Å². The van der Waals surface area contributed by atoms with Gasteiger partial charge in [-0.3, -0.25) is 9.59 Å². The molecule has 1 aliphatic carbocycles. The van der Waals surface area contributed by atoms with Crippen molar-refractivity contribution in [2.75, 3.05) is 6.54 Å². The summed E-state index contributed by atoms with van der Waals surface area (Å²) < 4.78 is 0. The second kappa shape index (κ2) is 6.88. The number of nitrogens with one attached hydrogen (secondary N) is 1. The molecule has 0 unspecified atom stereocenters. The first kappa shape index (κ1) is 15.0. The molecule has 1 aliphatic rings. The fourth-order valence-electron chi connectivity index (χ4n) is 2.77. The molecule has 20 heavy (non-hydrogen) atoms. The number of aliphatic carboxylic acids is 1. The smallest absolute Gasteiger partial charge is 0.311 e. The lowest BCUT2D eigenvalue weighted by Gasteiger charge is -2.28. The number of amides is 1. The zero-order valence-electron chi connectivity index (χ0n) is 11.6. The molecule has 1 amide bonds. The minimum absolute atomic E-state index is 0.0858. The molecular formula is C15H21NO3S. The van der Waals surface area contributed by atoms with E-state index in [-0.39, 0.29) is 12.5 Å². The van der Waals surface area contributed by atoms with Crippen LogP contribution in [0.4, 0.5) is 0 Å². The zero-order chi connectivity index (χ0) is 14.4. The highest BCUT2D eigenvalue weighted by molar-refractivity contribution is 7.10. The summed E-state index contributed by atoms with van der Waals surface area (Å²) in [6, 6.07) is 3.83. The van der Waals surface area contributed by atoms with Crippen LogP contribution in [-0.2, 0) is 16.0 Å². The van der Waals surface area contributed by atoms with Crippen LogP contribution in [0, 0.1) is 5.41 Å². The Morgan fingerprint density at radius 3 is 2.50 bits per heavy atom. The summed E-state index contributed by atoms with van der Waals surface area (Å²) in [6.07, 6.45) is 5.74. The summed E-state index contributed by atoms with van der Waals surface area (Å²) in [4.78, 5) is 24.5. The van der Waals surface area contributed by atoms with Gasteiger partial charge in [0.05, 0.1) is 11.8 Å². The van der Waals surface area contributed by atoms with Gasteiger partial charge < -0.3 is 10.4 Å². The van der Waals surface area contributed by atoms with E-state index < -0.39 is 11.4 Å². The molecule has 1 fully saturated rings. The van der Waals surface area contributed by atoms with Crippen LogP contribution in [0.3, 0.4) is 0 Å². The van der Waals surface area contributed by atoms with E-state index in [4.69, 9.17) is 0 Å². The van der Waals surface area contributed by atoms with Crippen molar-refractivity contribution in [3.8, 4) is 0 Å². The summed E-state index contributed by atoms with van der Waals surface area (Å²) in [7, 11) is 0. The van der Waals surface area contributed by atoms with Gasteiger partial charge in [-0.25, -0.2) is 0 Å². The first-order valence-corrected chi connectivity index (χ1v) is 8.03. The molecule has 2 rings (SSSR count). The minimum atomic E-state index is -0.768. The Morgan fingerprint density at radius 1 is 1.25 bits per heavy atom. The van der Waals surface area contributed by atoms with Crippen LogP contribution in [0.5, 0.6) is 0 Å². The number of carboxylic acids is 1. The van der Waals surface area contributed by atoms with Gasteiger partial charge in [0.25, 0.3) is 0 Å². The van der Waals surface area contributed by atoms with Crippen molar-refractivity contribution in [2.24, 2.45) is 5.41 Å². The number of carbonyl (C=O) groups is 2. The van der Waals surface area contributed by atoms with Gasteiger partial charge in [-0.05, 0) is 24.3 Å². The van der Waals surface area contributed by atoms with Gasteiger partial charge in [0, 0.05) is 11.4 Å². The number of thiophene rings is 1. The molecule has 4 nitrogen and oxygen atoms in total. The summed E-state index contributed by atoms with van der Waals surface area (Å²) in [6.45, 7) is 0.256. The maximum atomic E-state index is 11.9. The average Bonchev–Trinajstić information content (AvgIpc) is 2.79. The van der Waals surface area contributed by atoms with Gasteiger partial charge in [0.15, 0.2) is 0 Å². The van der Waals surface area contributed by atoms with Gasteiger partial charge in [0.2, 0.25) is 5.91 Å². The molecule has 0 atom stereocenters. The van der Waals surface area contributed by atoms with E-state index in [1.54, 1.807) is 11.3 Å². The van der Waals surface area contributed by atoms with Crippen molar-refractivity contribution in [3.63, 3.8) is 0 Å². The van der Waals surface area contributed by atoms with E-state index >= 15 is 0 Å². The van der Waals surface area contributed by atoms with Crippen molar-refractivity contribution in [2.45, 2.75) is 44.9 Å². The molecule has 1 aromatic rings. The van der Waals surface area contributed by atoms with Crippen LogP contribution >= 0.6 is 11.3 Å². The maximum absolute atomic E-state index is 11.9. The van der Waals surface area contributed by atoms with Crippen molar-refractivity contribution < 1.29 is 14.7 Å². The minimum Gasteiger partial charge on any atom is -0.481 e. The predicted molar refractivity (Wildman–Crippen MR) is 78.8 cm³/mol. The third kappa shape index (κ3) is 3.82. The third-order valence-corrected chi connectivity index (χ3v) is 4.93. The van der Waals surface area contributed by atoms with E-state index in [0.717, 1.165) is 30.6 Å². The quantitative estimate of drug-likeness (QED) is 0.821. The second-order valence-corrected chi connectivity index (χ2v) is 6.56. The van der Waals surface area contributed by atoms with Crippen molar-refractivity contribution in [1.29, 1.82) is 0 Å². The summed E-state index contributed by atoms with van der Waals surface area (Å²) in [5, 5.41) is 14.3. The highest BCUT2D eigenvalue weighted by atomic mass is 32.1. The van der Waals surface area contributed by atoms with Gasteiger partial charge in [-0.1, -0.05) is 31.7 Å². The Hall–Kier alpha value is -1.36. The molecule has 110 valence electrons. The molecule has 0 aliphatic heterocycles.